The Morgan fingerprint density at radius 1 is 1.47 bits per heavy atom. The predicted octanol–water partition coefficient (Wildman–Crippen LogP) is 2.29. The number of rotatable bonds is 1. The lowest BCUT2D eigenvalue weighted by Crippen LogP contribution is -2.23. The first-order valence-electron chi connectivity index (χ1n) is 6.06. The molecule has 4 aliphatic rings. The molecule has 3 fully saturated rings. The van der Waals surface area contributed by atoms with Crippen molar-refractivity contribution in [1.82, 2.24) is 0 Å². The molecule has 1 spiro atoms. The second kappa shape index (κ2) is 2.16. The van der Waals surface area contributed by atoms with E-state index in [2.05, 4.69) is 12.2 Å². The summed E-state index contributed by atoms with van der Waals surface area (Å²) in [6.45, 7) is 1.54. The average Bonchev–Trinajstić information content (AvgIpc) is 2.39. The van der Waals surface area contributed by atoms with E-state index in [1.54, 1.807) is 0 Å². The van der Waals surface area contributed by atoms with Gasteiger partial charge in [0.15, 0.2) is 0 Å². The molecule has 0 N–H and O–H groups in total. The van der Waals surface area contributed by atoms with Gasteiger partial charge in [-0.1, -0.05) is 18.6 Å². The van der Waals surface area contributed by atoms with Crippen molar-refractivity contribution < 1.29 is 9.53 Å². The highest BCUT2D eigenvalue weighted by Gasteiger charge is 2.83. The Kier molecular flexibility index (Phi) is 1.20. The molecule has 0 bridgehead atoms. The molecule has 2 nitrogen and oxygen atoms in total. The van der Waals surface area contributed by atoms with E-state index in [1.807, 2.05) is 0 Å². The van der Waals surface area contributed by atoms with Crippen molar-refractivity contribution in [3.63, 3.8) is 0 Å². The van der Waals surface area contributed by atoms with Gasteiger partial charge in [0.2, 0.25) is 0 Å². The molecule has 4 unspecified atom stereocenters. The first kappa shape index (κ1) is 8.37. The summed E-state index contributed by atoms with van der Waals surface area (Å²) in [5.41, 5.74) is 0.982. The summed E-state index contributed by atoms with van der Waals surface area (Å²) in [6, 6.07) is 0. The lowest BCUT2D eigenvalue weighted by atomic mass is 9.78. The number of fused-ring (bicyclic) bond motifs is 1. The van der Waals surface area contributed by atoms with Crippen LogP contribution in [0, 0.1) is 22.7 Å². The van der Waals surface area contributed by atoms with Crippen molar-refractivity contribution in [3.8, 4) is 0 Å². The van der Waals surface area contributed by atoms with Crippen LogP contribution in [0.1, 0.15) is 32.6 Å². The van der Waals surface area contributed by atoms with Crippen LogP contribution in [-0.4, -0.2) is 12.1 Å². The Morgan fingerprint density at radius 2 is 2.33 bits per heavy atom. The lowest BCUT2D eigenvalue weighted by Gasteiger charge is -2.27. The molecule has 0 radical (unpaired) electrons. The molecular formula is C13H16O2. The highest BCUT2D eigenvalue weighted by atomic mass is 16.5. The fourth-order valence-electron chi connectivity index (χ4n) is 5.23. The third kappa shape index (κ3) is 0.685. The Balaban J connectivity index is 1.71. The summed E-state index contributed by atoms with van der Waals surface area (Å²) in [7, 11) is 0. The fraction of sp³-hybridized carbons (Fsp3) is 0.769. The zero-order valence-corrected chi connectivity index (χ0v) is 9.03. The minimum absolute atomic E-state index is 0.0992. The molecule has 3 saturated carbocycles. The number of ether oxygens (including phenoxy) is 1. The first-order chi connectivity index (χ1) is 7.20. The third-order valence-corrected chi connectivity index (χ3v) is 5.51. The molecule has 0 aromatic rings. The number of carbonyl (C=O) groups is 1. The number of hydrogen-bond acceptors (Lipinski definition) is 2. The van der Waals surface area contributed by atoms with Crippen LogP contribution in [0.5, 0.6) is 0 Å². The SMILES string of the molecule is CC(=O)O[C@@H]1CC23C=CC4C1C42CCC3. The van der Waals surface area contributed by atoms with Gasteiger partial charge in [-0.05, 0) is 36.0 Å². The smallest absolute Gasteiger partial charge is 0.302 e. The average molecular weight is 204 g/mol. The molecule has 4 rings (SSSR count). The van der Waals surface area contributed by atoms with Crippen molar-refractivity contribution in [2.45, 2.75) is 38.7 Å². The summed E-state index contributed by atoms with van der Waals surface area (Å²) in [6.07, 6.45) is 10.3. The first-order valence-corrected chi connectivity index (χ1v) is 6.06. The zero-order valence-electron chi connectivity index (χ0n) is 9.03. The van der Waals surface area contributed by atoms with Gasteiger partial charge in [-0.15, -0.1) is 0 Å². The summed E-state index contributed by atoms with van der Waals surface area (Å²) in [5, 5.41) is 0. The van der Waals surface area contributed by atoms with E-state index >= 15 is 0 Å². The number of allylic oxidation sites excluding steroid dienone is 2. The van der Waals surface area contributed by atoms with E-state index in [0.717, 1.165) is 12.3 Å². The van der Waals surface area contributed by atoms with Crippen LogP contribution in [0.2, 0.25) is 0 Å². The van der Waals surface area contributed by atoms with E-state index in [0.29, 0.717) is 16.7 Å². The van der Waals surface area contributed by atoms with Gasteiger partial charge < -0.3 is 4.74 Å². The standard InChI is InChI=1S/C13H16O2/c1-8(14)15-10-7-12-4-2-5-13(12)9(3-6-12)11(10)13/h3,6,9-11H,2,4-5,7H2,1H3/t9?,10-,11?,12?,13?/m1/s1. The van der Waals surface area contributed by atoms with Gasteiger partial charge in [-0.2, -0.15) is 0 Å². The van der Waals surface area contributed by atoms with Crippen molar-refractivity contribution in [3.05, 3.63) is 12.2 Å². The van der Waals surface area contributed by atoms with Gasteiger partial charge in [0.1, 0.15) is 6.10 Å². The van der Waals surface area contributed by atoms with Gasteiger partial charge in [0.25, 0.3) is 0 Å². The van der Waals surface area contributed by atoms with Crippen LogP contribution >= 0.6 is 0 Å². The van der Waals surface area contributed by atoms with Gasteiger partial charge in [-0.3, -0.25) is 4.79 Å². The molecule has 0 amide bonds. The summed E-state index contributed by atoms with van der Waals surface area (Å²) in [5.74, 6) is 1.32. The van der Waals surface area contributed by atoms with Crippen LogP contribution in [0.25, 0.3) is 0 Å². The molecule has 5 atom stereocenters. The largest absolute Gasteiger partial charge is 0.462 e. The maximum atomic E-state index is 11.1. The molecule has 2 heteroatoms. The molecule has 0 aromatic carbocycles. The van der Waals surface area contributed by atoms with Crippen molar-refractivity contribution >= 4 is 5.97 Å². The zero-order chi connectivity index (χ0) is 10.3. The van der Waals surface area contributed by atoms with Crippen LogP contribution in [0.4, 0.5) is 0 Å². The monoisotopic (exact) mass is 204 g/mol. The van der Waals surface area contributed by atoms with Crippen LogP contribution in [0.3, 0.4) is 0 Å². The summed E-state index contributed by atoms with van der Waals surface area (Å²) in [4.78, 5) is 11.1. The Labute approximate surface area is 89.7 Å². The van der Waals surface area contributed by atoms with Crippen molar-refractivity contribution in [2.24, 2.45) is 22.7 Å². The van der Waals surface area contributed by atoms with Crippen molar-refractivity contribution in [2.75, 3.05) is 0 Å². The second-order valence-electron chi connectivity index (χ2n) is 5.81. The highest BCUT2D eigenvalue weighted by Crippen LogP contribution is 2.86. The van der Waals surface area contributed by atoms with E-state index in [4.69, 9.17) is 4.74 Å². The van der Waals surface area contributed by atoms with Crippen LogP contribution in [0.15, 0.2) is 12.2 Å². The van der Waals surface area contributed by atoms with Crippen LogP contribution < -0.4 is 0 Å². The molecule has 0 heterocycles. The molecule has 0 aliphatic heterocycles. The minimum atomic E-state index is -0.0992. The molecule has 0 saturated heterocycles. The van der Waals surface area contributed by atoms with Gasteiger partial charge >= 0.3 is 5.97 Å². The molecule has 15 heavy (non-hydrogen) atoms. The highest BCUT2D eigenvalue weighted by molar-refractivity contribution is 5.66. The normalized spacial score (nSPS) is 57.8. The Hall–Kier alpha value is -0.790. The number of esters is 1. The van der Waals surface area contributed by atoms with Crippen molar-refractivity contribution in [1.29, 1.82) is 0 Å². The predicted molar refractivity (Wildman–Crippen MR) is 55.0 cm³/mol. The Morgan fingerprint density at radius 3 is 3.07 bits per heavy atom. The molecular weight excluding hydrogens is 188 g/mol. The molecule has 80 valence electrons. The van der Waals surface area contributed by atoms with E-state index < -0.39 is 0 Å². The van der Waals surface area contributed by atoms with Gasteiger partial charge in [0, 0.05) is 12.8 Å². The number of hydrogen-bond donors (Lipinski definition) is 0. The summed E-state index contributed by atoms with van der Waals surface area (Å²) < 4.78 is 5.49. The fourth-order valence-corrected chi connectivity index (χ4v) is 5.23. The lowest BCUT2D eigenvalue weighted by molar-refractivity contribution is -0.147. The number of carbonyl (C=O) groups excluding carboxylic acids is 1. The maximum absolute atomic E-state index is 11.1. The minimum Gasteiger partial charge on any atom is -0.462 e. The quantitative estimate of drug-likeness (QED) is 0.484. The van der Waals surface area contributed by atoms with Gasteiger partial charge in [-0.25, -0.2) is 0 Å². The maximum Gasteiger partial charge on any atom is 0.302 e. The van der Waals surface area contributed by atoms with E-state index in [-0.39, 0.29) is 12.1 Å². The van der Waals surface area contributed by atoms with E-state index in [9.17, 15) is 4.79 Å². The molecule has 0 aromatic heterocycles. The van der Waals surface area contributed by atoms with E-state index in [1.165, 1.54) is 26.2 Å². The molecule has 4 aliphatic carbocycles. The summed E-state index contributed by atoms with van der Waals surface area (Å²) >= 11 is 0. The van der Waals surface area contributed by atoms with Gasteiger partial charge in [0.05, 0.1) is 0 Å². The van der Waals surface area contributed by atoms with Crippen LogP contribution in [-0.2, 0) is 9.53 Å². The topological polar surface area (TPSA) is 26.3 Å². The third-order valence-electron chi connectivity index (χ3n) is 5.51. The second-order valence-corrected chi connectivity index (χ2v) is 5.81. The Bertz CT molecular complexity index is 386.